The Balaban J connectivity index is 2.14. The van der Waals surface area contributed by atoms with Gasteiger partial charge in [0.05, 0.1) is 12.2 Å². The van der Waals surface area contributed by atoms with Crippen molar-refractivity contribution in [2.75, 3.05) is 11.9 Å². The Morgan fingerprint density at radius 3 is 2.30 bits per heavy atom. The van der Waals surface area contributed by atoms with Gasteiger partial charge in [-0.15, -0.1) is 0 Å². The molecule has 0 aromatic heterocycles. The monoisotopic (exact) mass is 317 g/mol. The van der Waals surface area contributed by atoms with Crippen LogP contribution in [-0.4, -0.2) is 12.6 Å². The summed E-state index contributed by atoms with van der Waals surface area (Å²) in [6, 6.07) is 7.35. The number of rotatable bonds is 12. The maximum absolute atomic E-state index is 11.5. The first-order chi connectivity index (χ1) is 11.3. The van der Waals surface area contributed by atoms with Crippen molar-refractivity contribution in [2.45, 2.75) is 65.2 Å². The number of allylic oxidation sites excluding steroid dienone is 1. The molecule has 0 heterocycles. The molecule has 128 valence electrons. The second-order valence-electron chi connectivity index (χ2n) is 5.75. The van der Waals surface area contributed by atoms with Gasteiger partial charge < -0.3 is 10.1 Å². The highest BCUT2D eigenvalue weighted by atomic mass is 16.5. The molecule has 0 fully saturated rings. The summed E-state index contributed by atoms with van der Waals surface area (Å²) in [4.78, 5) is 11.5. The summed E-state index contributed by atoms with van der Waals surface area (Å²) in [5.74, 6) is -0.270. The summed E-state index contributed by atoms with van der Waals surface area (Å²) in [5, 5.41) is 3.23. The van der Waals surface area contributed by atoms with Crippen LogP contribution in [0.15, 0.2) is 36.5 Å². The fourth-order valence-electron chi connectivity index (χ4n) is 2.37. The second-order valence-corrected chi connectivity index (χ2v) is 5.75. The van der Waals surface area contributed by atoms with E-state index in [-0.39, 0.29) is 5.97 Å². The minimum absolute atomic E-state index is 0.270. The first kappa shape index (κ1) is 19.3. The van der Waals surface area contributed by atoms with Gasteiger partial charge in [0, 0.05) is 5.69 Å². The zero-order valence-corrected chi connectivity index (χ0v) is 14.6. The van der Waals surface area contributed by atoms with Crippen molar-refractivity contribution in [1.29, 1.82) is 0 Å². The molecule has 1 aromatic carbocycles. The van der Waals surface area contributed by atoms with Crippen LogP contribution in [0.3, 0.4) is 0 Å². The van der Waals surface area contributed by atoms with E-state index in [2.05, 4.69) is 18.3 Å². The lowest BCUT2D eigenvalue weighted by Gasteiger charge is -2.04. The number of hydrogen-bond donors (Lipinski definition) is 1. The summed E-state index contributed by atoms with van der Waals surface area (Å²) in [7, 11) is 0. The Labute approximate surface area is 141 Å². The zero-order chi connectivity index (χ0) is 16.8. The zero-order valence-electron chi connectivity index (χ0n) is 14.6. The number of benzene rings is 1. The molecule has 0 radical (unpaired) electrons. The normalized spacial score (nSPS) is 10.9. The first-order valence-electron chi connectivity index (χ1n) is 8.96. The second kappa shape index (κ2) is 12.7. The van der Waals surface area contributed by atoms with Gasteiger partial charge in [0.2, 0.25) is 0 Å². The smallest absolute Gasteiger partial charge is 0.338 e. The van der Waals surface area contributed by atoms with Gasteiger partial charge in [0.1, 0.15) is 0 Å². The fraction of sp³-hybridized carbons (Fsp3) is 0.550. The quantitative estimate of drug-likeness (QED) is 0.383. The standard InChI is InChI=1S/C20H31NO2/c1-3-5-6-7-8-9-10-11-12-17-21-19-15-13-18(14-16-19)20(22)23-4-2/h12-17,21H,3-11H2,1-2H3. The van der Waals surface area contributed by atoms with Gasteiger partial charge in [-0.3, -0.25) is 0 Å². The molecule has 0 bridgehead atoms. The SMILES string of the molecule is CCCCCCCCCC=CNc1ccc(C(=O)OCC)cc1. The number of carbonyl (C=O) groups excluding carboxylic acids is 1. The first-order valence-corrected chi connectivity index (χ1v) is 8.96. The Kier molecular flexibility index (Phi) is 10.7. The van der Waals surface area contributed by atoms with Gasteiger partial charge in [0.25, 0.3) is 0 Å². The Morgan fingerprint density at radius 1 is 1.00 bits per heavy atom. The summed E-state index contributed by atoms with van der Waals surface area (Å²) in [6.45, 7) is 4.46. The topological polar surface area (TPSA) is 38.3 Å². The van der Waals surface area contributed by atoms with Gasteiger partial charge in [-0.2, -0.15) is 0 Å². The van der Waals surface area contributed by atoms with Crippen LogP contribution in [0.5, 0.6) is 0 Å². The Bertz CT molecular complexity index is 451. The molecule has 3 heteroatoms. The van der Waals surface area contributed by atoms with E-state index in [9.17, 15) is 4.79 Å². The van der Waals surface area contributed by atoms with Crippen molar-refractivity contribution < 1.29 is 9.53 Å². The third-order valence-corrected chi connectivity index (χ3v) is 3.74. The summed E-state index contributed by atoms with van der Waals surface area (Å²) in [6.07, 6.45) is 14.7. The number of hydrogen-bond acceptors (Lipinski definition) is 3. The average molecular weight is 317 g/mol. The van der Waals surface area contributed by atoms with Gasteiger partial charge in [0.15, 0.2) is 0 Å². The third-order valence-electron chi connectivity index (χ3n) is 3.74. The Morgan fingerprint density at radius 2 is 1.65 bits per heavy atom. The van der Waals surface area contributed by atoms with Crippen LogP contribution >= 0.6 is 0 Å². The molecule has 0 saturated carbocycles. The number of anilines is 1. The summed E-state index contributed by atoms with van der Waals surface area (Å²) < 4.78 is 4.96. The van der Waals surface area contributed by atoms with Crippen molar-refractivity contribution in [1.82, 2.24) is 0 Å². The molecule has 0 unspecified atom stereocenters. The lowest BCUT2D eigenvalue weighted by molar-refractivity contribution is 0.0526. The Hall–Kier alpha value is -1.77. The molecule has 0 aliphatic heterocycles. The van der Waals surface area contributed by atoms with Crippen LogP contribution in [0.1, 0.15) is 75.6 Å². The van der Waals surface area contributed by atoms with E-state index in [4.69, 9.17) is 4.74 Å². The highest BCUT2D eigenvalue weighted by Gasteiger charge is 2.04. The van der Waals surface area contributed by atoms with Gasteiger partial charge in [-0.1, -0.05) is 51.5 Å². The van der Waals surface area contributed by atoms with Crippen LogP contribution in [0.4, 0.5) is 5.69 Å². The van der Waals surface area contributed by atoms with Crippen molar-refractivity contribution in [3.05, 3.63) is 42.1 Å². The van der Waals surface area contributed by atoms with Crippen molar-refractivity contribution in [3.63, 3.8) is 0 Å². The minimum Gasteiger partial charge on any atom is -0.462 e. The van der Waals surface area contributed by atoms with Crippen LogP contribution in [0.25, 0.3) is 0 Å². The minimum atomic E-state index is -0.270. The lowest BCUT2D eigenvalue weighted by atomic mass is 10.1. The van der Waals surface area contributed by atoms with E-state index in [0.717, 1.165) is 12.1 Å². The van der Waals surface area contributed by atoms with E-state index in [0.29, 0.717) is 12.2 Å². The van der Waals surface area contributed by atoms with E-state index < -0.39 is 0 Å². The van der Waals surface area contributed by atoms with E-state index in [1.807, 2.05) is 25.3 Å². The van der Waals surface area contributed by atoms with Gasteiger partial charge in [-0.25, -0.2) is 4.79 Å². The number of esters is 1. The maximum Gasteiger partial charge on any atom is 0.338 e. The van der Waals surface area contributed by atoms with Gasteiger partial charge >= 0.3 is 5.97 Å². The molecule has 1 aromatic rings. The van der Waals surface area contributed by atoms with Gasteiger partial charge in [-0.05, 0) is 50.2 Å². The molecule has 1 N–H and O–H groups in total. The molecule has 1 rings (SSSR count). The predicted molar refractivity (Wildman–Crippen MR) is 97.8 cm³/mol. The largest absolute Gasteiger partial charge is 0.462 e. The molecular formula is C20H31NO2. The van der Waals surface area contributed by atoms with Crippen LogP contribution in [-0.2, 0) is 4.74 Å². The third kappa shape index (κ3) is 9.07. The molecule has 23 heavy (non-hydrogen) atoms. The maximum atomic E-state index is 11.5. The molecule has 0 aliphatic carbocycles. The fourth-order valence-corrected chi connectivity index (χ4v) is 2.37. The van der Waals surface area contributed by atoms with Crippen molar-refractivity contribution in [3.8, 4) is 0 Å². The summed E-state index contributed by atoms with van der Waals surface area (Å²) in [5.41, 5.74) is 1.57. The molecule has 0 amide bonds. The number of ether oxygens (including phenoxy) is 1. The van der Waals surface area contributed by atoms with Crippen LogP contribution < -0.4 is 5.32 Å². The van der Waals surface area contributed by atoms with E-state index in [1.54, 1.807) is 12.1 Å². The van der Waals surface area contributed by atoms with Crippen molar-refractivity contribution >= 4 is 11.7 Å². The highest BCUT2D eigenvalue weighted by Crippen LogP contribution is 2.11. The molecule has 0 saturated heterocycles. The van der Waals surface area contributed by atoms with Crippen molar-refractivity contribution in [2.24, 2.45) is 0 Å². The van der Waals surface area contributed by atoms with Crippen LogP contribution in [0, 0.1) is 0 Å². The number of nitrogens with one attached hydrogen (secondary N) is 1. The molecule has 0 atom stereocenters. The molecule has 0 spiro atoms. The highest BCUT2D eigenvalue weighted by molar-refractivity contribution is 5.89. The predicted octanol–water partition coefficient (Wildman–Crippen LogP) is 5.93. The van der Waals surface area contributed by atoms with E-state index >= 15 is 0 Å². The molecular weight excluding hydrogens is 286 g/mol. The molecule has 0 aliphatic rings. The van der Waals surface area contributed by atoms with Crippen LogP contribution in [0.2, 0.25) is 0 Å². The summed E-state index contributed by atoms with van der Waals surface area (Å²) >= 11 is 0. The van der Waals surface area contributed by atoms with E-state index in [1.165, 1.54) is 44.9 Å². The molecule has 3 nitrogen and oxygen atoms in total. The number of unbranched alkanes of at least 4 members (excludes halogenated alkanes) is 7. The average Bonchev–Trinajstić information content (AvgIpc) is 2.57. The lowest BCUT2D eigenvalue weighted by Crippen LogP contribution is -2.04. The number of carbonyl (C=O) groups is 1.